The van der Waals surface area contributed by atoms with Crippen LogP contribution in [0.25, 0.3) is 0 Å². The summed E-state index contributed by atoms with van der Waals surface area (Å²) in [5, 5.41) is 0. The molecule has 1 aliphatic carbocycles. The van der Waals surface area contributed by atoms with Gasteiger partial charge in [-0.25, -0.2) is 12.2 Å². The maximum absolute atomic E-state index is 2.99. The molecular weight excluding hydrogens is 351 g/mol. The molecule has 0 amide bonds. The molecule has 115 valence electrons. The van der Waals surface area contributed by atoms with Crippen LogP contribution in [0.15, 0.2) is 48.6 Å². The van der Waals surface area contributed by atoms with Crippen LogP contribution in [0.4, 0.5) is 0 Å². The number of hydrogen-bond acceptors (Lipinski definition) is 1. The minimum atomic E-state index is 0. The van der Waals surface area contributed by atoms with E-state index in [9.17, 15) is 0 Å². The quantitative estimate of drug-likeness (QED) is 0.470. The van der Waals surface area contributed by atoms with E-state index in [4.69, 9.17) is 0 Å². The van der Waals surface area contributed by atoms with Gasteiger partial charge in [0.05, 0.1) is 0 Å². The Bertz CT molecular complexity index is 343. The first-order chi connectivity index (χ1) is 7.72. The zero-order valence-corrected chi connectivity index (χ0v) is 15.5. The fourth-order valence-electron chi connectivity index (χ4n) is 1.28. The van der Waals surface area contributed by atoms with Gasteiger partial charge in [-0.3, -0.25) is 6.08 Å². The molecule has 0 aromatic heterocycles. The summed E-state index contributed by atoms with van der Waals surface area (Å²) in [5.74, 6) is 0. The smallest absolute Gasteiger partial charge is 0 e. The van der Waals surface area contributed by atoms with Crippen LogP contribution in [0, 0.1) is 12.1 Å². The molecule has 1 aromatic rings. The summed E-state index contributed by atoms with van der Waals surface area (Å²) in [6.45, 7) is 2.12. The Hall–Kier alpha value is -0.0156. The van der Waals surface area contributed by atoms with Crippen molar-refractivity contribution in [1.29, 1.82) is 0 Å². The van der Waals surface area contributed by atoms with Gasteiger partial charge in [-0.2, -0.15) is 23.8 Å². The second-order valence-electron chi connectivity index (χ2n) is 3.85. The Morgan fingerprint density at radius 1 is 1.05 bits per heavy atom. The molecule has 20 heavy (non-hydrogen) atoms. The second-order valence-corrected chi connectivity index (χ2v) is 3.85. The monoisotopic (exact) mass is 369 g/mol. The van der Waals surface area contributed by atoms with Gasteiger partial charge in [0.1, 0.15) is 0 Å². The predicted molar refractivity (Wildman–Crippen MR) is 69.7 cm³/mol. The van der Waals surface area contributed by atoms with E-state index in [2.05, 4.69) is 62.3 Å². The summed E-state index contributed by atoms with van der Waals surface area (Å²) in [6.07, 6.45) is 10.0. The van der Waals surface area contributed by atoms with E-state index < -0.39 is 0 Å². The van der Waals surface area contributed by atoms with Gasteiger partial charge >= 0.3 is 0 Å². The van der Waals surface area contributed by atoms with Crippen molar-refractivity contribution in [3.8, 4) is 0 Å². The van der Waals surface area contributed by atoms with Crippen molar-refractivity contribution in [2.24, 2.45) is 0 Å². The second kappa shape index (κ2) is 17.0. The number of hydrogen-bond donors (Lipinski definition) is 0. The molecule has 1 nitrogen and oxygen atoms in total. The Morgan fingerprint density at radius 2 is 1.60 bits per heavy atom. The molecule has 0 saturated heterocycles. The molecule has 0 fully saturated rings. The summed E-state index contributed by atoms with van der Waals surface area (Å²) in [6, 6.07) is 11.7. The van der Waals surface area contributed by atoms with Crippen LogP contribution in [-0.2, 0) is 18.6 Å². The van der Waals surface area contributed by atoms with Gasteiger partial charge < -0.3 is 42.1 Å². The number of allylic oxidation sites excluding steroid dienone is 4. The Kier molecular flexibility index (Phi) is 24.0. The van der Waals surface area contributed by atoms with Crippen LogP contribution < -0.4 is 37.2 Å². The maximum atomic E-state index is 2.99. The molecule has 0 N–H and O–H groups in total. The molecule has 0 heterocycles. The van der Waals surface area contributed by atoms with Crippen LogP contribution in [-0.4, -0.2) is 19.0 Å². The molecule has 1 aromatic carbocycles. The minimum Gasteiger partial charge on any atom is -1.00 e. The van der Waals surface area contributed by atoms with E-state index in [1.165, 1.54) is 11.6 Å². The van der Waals surface area contributed by atoms with Crippen molar-refractivity contribution < 1.29 is 55.8 Å². The zero-order chi connectivity index (χ0) is 11.8. The normalized spacial score (nSPS) is 10.0. The molecule has 0 spiro atoms. The maximum Gasteiger partial charge on any atom is 0 e. The third-order valence-electron chi connectivity index (χ3n) is 2.45. The summed E-state index contributed by atoms with van der Waals surface area (Å²) >= 11 is 0. The van der Waals surface area contributed by atoms with Crippen LogP contribution >= 0.6 is 0 Å². The SMILES string of the molecule is C[C-](c1ccccc1)N(C)C.[C-]1=CC=CC1.[Cl-].[Cl-].[Cl-].[V]. The van der Waals surface area contributed by atoms with Gasteiger partial charge in [0.15, 0.2) is 0 Å². The average molecular weight is 371 g/mol. The third kappa shape index (κ3) is 11.8. The van der Waals surface area contributed by atoms with E-state index in [0.717, 1.165) is 6.42 Å². The average Bonchev–Trinajstić information content (AvgIpc) is 2.88. The number of halogens is 3. The van der Waals surface area contributed by atoms with Gasteiger partial charge in [0, 0.05) is 18.6 Å². The fourth-order valence-corrected chi connectivity index (χ4v) is 1.28. The summed E-state index contributed by atoms with van der Waals surface area (Å²) in [7, 11) is 4.12. The van der Waals surface area contributed by atoms with Crippen LogP contribution in [0.1, 0.15) is 18.9 Å². The topological polar surface area (TPSA) is 3.24 Å². The molecule has 0 bridgehead atoms. The first kappa shape index (κ1) is 28.2. The van der Waals surface area contributed by atoms with Gasteiger partial charge in [-0.05, 0) is 14.1 Å². The van der Waals surface area contributed by atoms with Crippen molar-refractivity contribution in [1.82, 2.24) is 4.90 Å². The van der Waals surface area contributed by atoms with Gasteiger partial charge in [0.25, 0.3) is 0 Å². The minimum absolute atomic E-state index is 0. The van der Waals surface area contributed by atoms with E-state index in [1.807, 2.05) is 18.2 Å². The molecule has 1 aliphatic rings. The third-order valence-corrected chi connectivity index (χ3v) is 2.45. The van der Waals surface area contributed by atoms with E-state index in [1.54, 1.807) is 0 Å². The number of benzene rings is 1. The van der Waals surface area contributed by atoms with Crippen LogP contribution in [0.5, 0.6) is 0 Å². The molecule has 1 radical (unpaired) electrons. The van der Waals surface area contributed by atoms with Crippen molar-refractivity contribution in [2.75, 3.05) is 14.1 Å². The van der Waals surface area contributed by atoms with Crippen molar-refractivity contribution in [3.05, 3.63) is 66.2 Å². The molecule has 0 atom stereocenters. The summed E-state index contributed by atoms with van der Waals surface area (Å²) in [4.78, 5) is 2.12. The number of rotatable bonds is 2. The van der Waals surface area contributed by atoms with Crippen molar-refractivity contribution in [2.45, 2.75) is 13.3 Å². The number of nitrogens with zero attached hydrogens (tertiary/aromatic N) is 1. The predicted octanol–water partition coefficient (Wildman–Crippen LogP) is -5.54. The van der Waals surface area contributed by atoms with Crippen LogP contribution in [0.2, 0.25) is 0 Å². The van der Waals surface area contributed by atoms with Crippen molar-refractivity contribution >= 4 is 0 Å². The van der Waals surface area contributed by atoms with Gasteiger partial charge in [-0.1, -0.05) is 13.0 Å². The molecular formula is C15H19Cl3NV-5. The van der Waals surface area contributed by atoms with E-state index in [0.29, 0.717) is 0 Å². The Labute approximate surface area is 154 Å². The molecule has 2 rings (SSSR count). The molecule has 0 unspecified atom stereocenters. The zero-order valence-electron chi connectivity index (χ0n) is 11.9. The van der Waals surface area contributed by atoms with Crippen molar-refractivity contribution in [3.63, 3.8) is 0 Å². The molecule has 0 saturated carbocycles. The van der Waals surface area contributed by atoms with E-state index >= 15 is 0 Å². The standard InChI is InChI=1S/C10H14N.C5H5.3ClH.V/c1-9(11(2)3)10-7-5-4-6-8-10;1-2-4-5-3-1;;;;/h4-8H,1-3H3;1-3H,4H2;3*1H;/q2*-1;;;;/p-3. The first-order valence-electron chi connectivity index (χ1n) is 5.50. The van der Waals surface area contributed by atoms with Crippen LogP contribution in [0.3, 0.4) is 0 Å². The Balaban J connectivity index is -0.000000124. The van der Waals surface area contributed by atoms with Gasteiger partial charge in [-0.15, -0.1) is 24.6 Å². The summed E-state index contributed by atoms with van der Waals surface area (Å²) < 4.78 is 0. The Morgan fingerprint density at radius 3 is 1.90 bits per heavy atom. The molecule has 5 heteroatoms. The largest absolute Gasteiger partial charge is 1.00 e. The fraction of sp³-hybridized carbons (Fsp3) is 0.267. The molecule has 0 aliphatic heterocycles. The van der Waals surface area contributed by atoms with Gasteiger partial charge in [0.2, 0.25) is 0 Å². The summed E-state index contributed by atoms with van der Waals surface area (Å²) in [5.41, 5.74) is 1.29. The first-order valence-corrected chi connectivity index (χ1v) is 5.50. The van der Waals surface area contributed by atoms with E-state index in [-0.39, 0.29) is 55.8 Å².